The predicted molar refractivity (Wildman–Crippen MR) is 132 cm³/mol. The van der Waals surface area contributed by atoms with Gasteiger partial charge >= 0.3 is 6.03 Å². The Balaban J connectivity index is 1.36. The Labute approximate surface area is 199 Å². The Morgan fingerprint density at radius 1 is 0.824 bits per heavy atom. The maximum atomic E-state index is 13.0. The van der Waals surface area contributed by atoms with Crippen molar-refractivity contribution in [2.45, 2.75) is 19.4 Å². The molecule has 0 bridgehead atoms. The summed E-state index contributed by atoms with van der Waals surface area (Å²) in [6.07, 6.45) is 1.42. The van der Waals surface area contributed by atoms with Crippen molar-refractivity contribution in [3.8, 4) is 0 Å². The van der Waals surface area contributed by atoms with Crippen LogP contribution in [0.3, 0.4) is 0 Å². The zero-order valence-corrected chi connectivity index (χ0v) is 18.9. The molecule has 1 fully saturated rings. The average molecular weight is 457 g/mol. The topological polar surface area (TPSA) is 90.5 Å². The highest BCUT2D eigenvalue weighted by molar-refractivity contribution is 6.04. The van der Waals surface area contributed by atoms with Crippen LogP contribution in [-0.2, 0) is 11.3 Å². The van der Waals surface area contributed by atoms with Gasteiger partial charge in [-0.05, 0) is 42.7 Å². The fraction of sp³-hybridized carbons (Fsp3) is 0.222. The maximum Gasteiger partial charge on any atom is 0.321 e. The fourth-order valence-corrected chi connectivity index (χ4v) is 4.00. The summed E-state index contributed by atoms with van der Waals surface area (Å²) in [4.78, 5) is 40.2. The number of nitrogens with zero attached hydrogens (tertiary/aromatic N) is 1. The summed E-state index contributed by atoms with van der Waals surface area (Å²) in [5.41, 5.74) is 2.58. The number of hydrogen-bond acceptors (Lipinski definition) is 3. The second-order valence-electron chi connectivity index (χ2n) is 8.28. The van der Waals surface area contributed by atoms with Crippen LogP contribution in [0.1, 0.15) is 28.8 Å². The molecule has 1 atom stereocenters. The van der Waals surface area contributed by atoms with Crippen molar-refractivity contribution < 1.29 is 14.4 Å². The van der Waals surface area contributed by atoms with E-state index in [1.54, 1.807) is 29.2 Å². The zero-order chi connectivity index (χ0) is 23.8. The van der Waals surface area contributed by atoms with Crippen molar-refractivity contribution in [3.63, 3.8) is 0 Å². The Bertz CT molecular complexity index is 1130. The van der Waals surface area contributed by atoms with E-state index in [1.807, 2.05) is 60.7 Å². The molecule has 4 rings (SSSR count). The van der Waals surface area contributed by atoms with Gasteiger partial charge in [-0.3, -0.25) is 9.59 Å². The largest absolute Gasteiger partial charge is 0.348 e. The second kappa shape index (κ2) is 11.1. The van der Waals surface area contributed by atoms with Gasteiger partial charge in [0.2, 0.25) is 5.91 Å². The molecule has 0 aliphatic carbocycles. The fourth-order valence-electron chi connectivity index (χ4n) is 4.00. The minimum Gasteiger partial charge on any atom is -0.348 e. The van der Waals surface area contributed by atoms with Gasteiger partial charge in [-0.15, -0.1) is 0 Å². The summed E-state index contributed by atoms with van der Waals surface area (Å²) >= 11 is 0. The van der Waals surface area contributed by atoms with Crippen molar-refractivity contribution in [3.05, 3.63) is 96.1 Å². The van der Waals surface area contributed by atoms with Crippen molar-refractivity contribution in [2.24, 2.45) is 5.92 Å². The summed E-state index contributed by atoms with van der Waals surface area (Å²) < 4.78 is 0. The summed E-state index contributed by atoms with van der Waals surface area (Å²) in [7, 11) is 0. The number of nitrogens with one attached hydrogen (secondary N) is 3. The van der Waals surface area contributed by atoms with Crippen molar-refractivity contribution in [2.75, 3.05) is 23.7 Å². The predicted octanol–water partition coefficient (Wildman–Crippen LogP) is 4.50. The van der Waals surface area contributed by atoms with Gasteiger partial charge in [0, 0.05) is 25.3 Å². The number of carbonyl (C=O) groups excluding carboxylic acids is 3. The molecule has 174 valence electrons. The molecule has 1 unspecified atom stereocenters. The molecule has 7 nitrogen and oxygen atoms in total. The van der Waals surface area contributed by atoms with E-state index >= 15 is 0 Å². The molecule has 3 N–H and O–H groups in total. The van der Waals surface area contributed by atoms with Gasteiger partial charge in [0.1, 0.15) is 0 Å². The van der Waals surface area contributed by atoms with Gasteiger partial charge in [0.25, 0.3) is 5.91 Å². The van der Waals surface area contributed by atoms with E-state index in [0.717, 1.165) is 17.7 Å². The lowest BCUT2D eigenvalue weighted by Gasteiger charge is -2.32. The van der Waals surface area contributed by atoms with Gasteiger partial charge in [-0.1, -0.05) is 60.7 Å². The molecule has 7 heteroatoms. The standard InChI is InChI=1S/C27H28N4O3/c32-25(21-12-9-17-31(19-21)27(34)29-22-13-5-2-6-14-22)30-24-16-8-7-15-23(24)26(33)28-18-20-10-3-1-4-11-20/h1-8,10-11,13-16,21H,9,12,17-19H2,(H,28,33)(H,29,34)(H,30,32). The number of piperidine rings is 1. The molecule has 0 spiro atoms. The quantitative estimate of drug-likeness (QED) is 0.510. The second-order valence-corrected chi connectivity index (χ2v) is 8.28. The van der Waals surface area contributed by atoms with Gasteiger partial charge in [0.15, 0.2) is 0 Å². The first kappa shape index (κ1) is 23.0. The van der Waals surface area contributed by atoms with Crippen LogP contribution in [0.15, 0.2) is 84.9 Å². The summed E-state index contributed by atoms with van der Waals surface area (Å²) in [5.74, 6) is -0.802. The Hall–Kier alpha value is -4.13. The first-order chi connectivity index (χ1) is 16.6. The first-order valence-corrected chi connectivity index (χ1v) is 11.4. The third-order valence-electron chi connectivity index (χ3n) is 5.83. The average Bonchev–Trinajstić information content (AvgIpc) is 2.89. The molecule has 1 saturated heterocycles. The number of rotatable bonds is 6. The first-order valence-electron chi connectivity index (χ1n) is 11.4. The van der Waals surface area contributed by atoms with E-state index in [1.165, 1.54) is 0 Å². The SMILES string of the molecule is O=C(NCc1ccccc1)c1ccccc1NC(=O)C1CCCN(C(=O)Nc2ccccc2)C1. The van der Waals surface area contributed by atoms with Crippen LogP contribution in [0.25, 0.3) is 0 Å². The minimum atomic E-state index is -0.351. The van der Waals surface area contributed by atoms with Crippen molar-refractivity contribution >= 4 is 29.2 Å². The van der Waals surface area contributed by atoms with Crippen LogP contribution in [0.5, 0.6) is 0 Å². The smallest absolute Gasteiger partial charge is 0.321 e. The maximum absolute atomic E-state index is 13.0. The lowest BCUT2D eigenvalue weighted by molar-refractivity contribution is -0.121. The van der Waals surface area contributed by atoms with Gasteiger partial charge in [-0.25, -0.2) is 4.79 Å². The van der Waals surface area contributed by atoms with Crippen LogP contribution >= 0.6 is 0 Å². The van der Waals surface area contributed by atoms with Crippen LogP contribution in [-0.4, -0.2) is 35.8 Å². The summed E-state index contributed by atoms with van der Waals surface area (Å²) in [5, 5.41) is 8.69. The van der Waals surface area contributed by atoms with E-state index in [0.29, 0.717) is 37.3 Å². The number of amides is 4. The molecule has 1 aliphatic rings. The molecule has 0 saturated carbocycles. The van der Waals surface area contributed by atoms with Gasteiger partial charge in [0.05, 0.1) is 17.2 Å². The number of benzene rings is 3. The monoisotopic (exact) mass is 456 g/mol. The lowest BCUT2D eigenvalue weighted by Crippen LogP contribution is -2.45. The van der Waals surface area contributed by atoms with E-state index in [-0.39, 0.29) is 23.8 Å². The van der Waals surface area contributed by atoms with Crippen LogP contribution in [0.2, 0.25) is 0 Å². The number of urea groups is 1. The molecule has 34 heavy (non-hydrogen) atoms. The number of hydrogen-bond donors (Lipinski definition) is 3. The van der Waals surface area contributed by atoms with Crippen LogP contribution in [0.4, 0.5) is 16.2 Å². The van der Waals surface area contributed by atoms with E-state index < -0.39 is 0 Å². The highest BCUT2D eigenvalue weighted by Gasteiger charge is 2.29. The van der Waals surface area contributed by atoms with Crippen molar-refractivity contribution in [1.29, 1.82) is 0 Å². The molecule has 0 radical (unpaired) electrons. The molecule has 4 amide bonds. The Kier molecular flexibility index (Phi) is 7.55. The normalized spacial score (nSPS) is 15.3. The molecule has 1 aliphatic heterocycles. The molecule has 3 aromatic rings. The van der Waals surface area contributed by atoms with Gasteiger partial charge < -0.3 is 20.9 Å². The Morgan fingerprint density at radius 3 is 2.26 bits per heavy atom. The summed E-state index contributed by atoms with van der Waals surface area (Å²) in [6.45, 7) is 1.32. The number of carbonyl (C=O) groups is 3. The van der Waals surface area contributed by atoms with E-state index in [4.69, 9.17) is 0 Å². The Morgan fingerprint density at radius 2 is 1.50 bits per heavy atom. The highest BCUT2D eigenvalue weighted by Crippen LogP contribution is 2.22. The molecule has 3 aromatic carbocycles. The third-order valence-corrected chi connectivity index (χ3v) is 5.83. The van der Waals surface area contributed by atoms with Gasteiger partial charge in [-0.2, -0.15) is 0 Å². The number of para-hydroxylation sites is 2. The summed E-state index contributed by atoms with van der Waals surface area (Å²) in [6, 6.07) is 25.6. The lowest BCUT2D eigenvalue weighted by atomic mass is 9.97. The van der Waals surface area contributed by atoms with E-state index in [9.17, 15) is 14.4 Å². The minimum absolute atomic E-state index is 0.194. The number of likely N-dealkylation sites (tertiary alicyclic amines) is 1. The number of anilines is 2. The zero-order valence-electron chi connectivity index (χ0n) is 18.9. The molecule has 1 heterocycles. The molecular formula is C27H28N4O3. The van der Waals surface area contributed by atoms with Crippen LogP contribution in [0, 0.1) is 5.92 Å². The van der Waals surface area contributed by atoms with E-state index in [2.05, 4.69) is 16.0 Å². The molecule has 0 aromatic heterocycles. The van der Waals surface area contributed by atoms with Crippen LogP contribution < -0.4 is 16.0 Å². The van der Waals surface area contributed by atoms with Crippen molar-refractivity contribution in [1.82, 2.24) is 10.2 Å². The highest BCUT2D eigenvalue weighted by atomic mass is 16.2. The molecular weight excluding hydrogens is 428 g/mol. The third kappa shape index (κ3) is 6.01.